The van der Waals surface area contributed by atoms with E-state index in [9.17, 15) is 9.90 Å². The number of allylic oxidation sites excluding steroid dienone is 1. The molecule has 1 rings (SSSR count). The molecule has 2 unspecified atom stereocenters. The first kappa shape index (κ1) is 16.2. The summed E-state index contributed by atoms with van der Waals surface area (Å²) in [7, 11) is 0. The average molecular weight is 268 g/mol. The van der Waals surface area contributed by atoms with E-state index in [0.717, 1.165) is 38.8 Å². The number of rotatable bonds is 7. The molecule has 1 fully saturated rings. The Morgan fingerprint density at radius 3 is 2.95 bits per heavy atom. The van der Waals surface area contributed by atoms with Gasteiger partial charge in [0, 0.05) is 25.0 Å². The van der Waals surface area contributed by atoms with Crippen molar-refractivity contribution in [2.45, 2.75) is 51.7 Å². The fourth-order valence-electron chi connectivity index (χ4n) is 2.41. The quantitative estimate of drug-likeness (QED) is 0.689. The first-order valence-electron chi connectivity index (χ1n) is 7.34. The number of hydrogen-bond acceptors (Lipinski definition) is 3. The minimum atomic E-state index is -0.294. The Morgan fingerprint density at radius 2 is 2.32 bits per heavy atom. The molecule has 0 spiro atoms. The number of hydrogen-bond donors (Lipinski definition) is 2. The summed E-state index contributed by atoms with van der Waals surface area (Å²) in [5.41, 5.74) is 0. The number of piperidine rings is 1. The molecule has 1 amide bonds. The van der Waals surface area contributed by atoms with E-state index in [-0.39, 0.29) is 24.0 Å². The predicted octanol–water partition coefficient (Wildman–Crippen LogP) is 1.55. The number of carbonyl (C=O) groups excluding carboxylic acids is 1. The van der Waals surface area contributed by atoms with E-state index in [1.54, 1.807) is 0 Å². The maximum absolute atomic E-state index is 11.7. The number of amides is 1. The predicted molar refractivity (Wildman–Crippen MR) is 77.9 cm³/mol. The molecule has 19 heavy (non-hydrogen) atoms. The van der Waals surface area contributed by atoms with Crippen LogP contribution in [0.15, 0.2) is 12.7 Å². The van der Waals surface area contributed by atoms with Crippen molar-refractivity contribution in [1.29, 1.82) is 0 Å². The van der Waals surface area contributed by atoms with Gasteiger partial charge < -0.3 is 10.4 Å². The van der Waals surface area contributed by atoms with Gasteiger partial charge in [0.2, 0.25) is 5.91 Å². The molecule has 110 valence electrons. The van der Waals surface area contributed by atoms with Gasteiger partial charge in [-0.25, -0.2) is 0 Å². The molecule has 0 bridgehead atoms. The SMILES string of the molecule is C=CCCC(O)CN1CCCC(NC(=O)C(C)C)C1. The van der Waals surface area contributed by atoms with Crippen LogP contribution in [0.25, 0.3) is 0 Å². The topological polar surface area (TPSA) is 52.6 Å². The van der Waals surface area contributed by atoms with Crippen LogP contribution in [0.1, 0.15) is 39.5 Å². The molecule has 0 radical (unpaired) electrons. The number of β-amino-alcohol motifs (C(OH)–C–C–N with tert-alkyl or cyclic N) is 1. The Bertz CT molecular complexity index is 292. The summed E-state index contributed by atoms with van der Waals surface area (Å²) in [6.45, 7) is 10.1. The summed E-state index contributed by atoms with van der Waals surface area (Å²) in [5.74, 6) is 0.160. The van der Waals surface area contributed by atoms with Gasteiger partial charge in [0.25, 0.3) is 0 Å². The van der Waals surface area contributed by atoms with Crippen molar-refractivity contribution >= 4 is 5.91 Å². The third-order valence-corrected chi connectivity index (χ3v) is 3.55. The molecule has 1 aliphatic heterocycles. The zero-order valence-corrected chi connectivity index (χ0v) is 12.3. The highest BCUT2D eigenvalue weighted by Crippen LogP contribution is 2.12. The van der Waals surface area contributed by atoms with E-state index in [1.807, 2.05) is 19.9 Å². The molecule has 4 nitrogen and oxygen atoms in total. The van der Waals surface area contributed by atoms with Gasteiger partial charge in [0.15, 0.2) is 0 Å². The third kappa shape index (κ3) is 6.21. The summed E-state index contributed by atoms with van der Waals surface area (Å²) in [6.07, 6.45) is 5.28. The van der Waals surface area contributed by atoms with Crippen molar-refractivity contribution in [2.24, 2.45) is 5.92 Å². The lowest BCUT2D eigenvalue weighted by Gasteiger charge is -2.34. The molecule has 0 aromatic carbocycles. The summed E-state index contributed by atoms with van der Waals surface area (Å²) in [5, 5.41) is 13.0. The van der Waals surface area contributed by atoms with Gasteiger partial charge in [-0.3, -0.25) is 9.69 Å². The summed E-state index contributed by atoms with van der Waals surface area (Å²) >= 11 is 0. The third-order valence-electron chi connectivity index (χ3n) is 3.55. The van der Waals surface area contributed by atoms with Crippen LogP contribution in [-0.4, -0.2) is 47.7 Å². The van der Waals surface area contributed by atoms with Gasteiger partial charge >= 0.3 is 0 Å². The van der Waals surface area contributed by atoms with Crippen LogP contribution in [0.2, 0.25) is 0 Å². The number of likely N-dealkylation sites (tertiary alicyclic amines) is 1. The monoisotopic (exact) mass is 268 g/mol. The molecule has 0 aromatic rings. The smallest absolute Gasteiger partial charge is 0.222 e. The molecular weight excluding hydrogens is 240 g/mol. The molecule has 1 aliphatic rings. The second-order valence-corrected chi connectivity index (χ2v) is 5.78. The zero-order chi connectivity index (χ0) is 14.3. The standard InChI is InChI=1S/C15H28N2O2/c1-4-5-8-14(18)11-17-9-6-7-13(10-17)16-15(19)12(2)3/h4,12-14,18H,1,5-11H2,2-3H3,(H,16,19). The Kier molecular flexibility index (Phi) is 7.10. The number of carbonyl (C=O) groups is 1. The van der Waals surface area contributed by atoms with Gasteiger partial charge in [0.1, 0.15) is 0 Å². The van der Waals surface area contributed by atoms with Gasteiger partial charge in [-0.15, -0.1) is 6.58 Å². The highest BCUT2D eigenvalue weighted by molar-refractivity contribution is 5.78. The number of aliphatic hydroxyl groups is 1. The second-order valence-electron chi connectivity index (χ2n) is 5.78. The number of nitrogens with zero attached hydrogens (tertiary/aromatic N) is 1. The minimum Gasteiger partial charge on any atom is -0.392 e. The Labute approximate surface area is 116 Å². The van der Waals surface area contributed by atoms with Crippen LogP contribution in [0.5, 0.6) is 0 Å². The minimum absolute atomic E-state index is 0.0357. The molecule has 1 heterocycles. The van der Waals surface area contributed by atoms with Crippen LogP contribution >= 0.6 is 0 Å². The van der Waals surface area contributed by atoms with Gasteiger partial charge in [-0.2, -0.15) is 0 Å². The first-order chi connectivity index (χ1) is 9.02. The van der Waals surface area contributed by atoms with Gasteiger partial charge in [0.05, 0.1) is 6.10 Å². The Balaban J connectivity index is 2.33. The lowest BCUT2D eigenvalue weighted by Crippen LogP contribution is -2.50. The summed E-state index contributed by atoms with van der Waals surface area (Å²) in [6, 6.07) is 0.232. The van der Waals surface area contributed by atoms with Crippen LogP contribution in [0.4, 0.5) is 0 Å². The molecule has 0 saturated carbocycles. The fourth-order valence-corrected chi connectivity index (χ4v) is 2.41. The maximum atomic E-state index is 11.7. The molecule has 1 saturated heterocycles. The van der Waals surface area contributed by atoms with E-state index < -0.39 is 0 Å². The van der Waals surface area contributed by atoms with Crippen molar-refractivity contribution in [2.75, 3.05) is 19.6 Å². The van der Waals surface area contributed by atoms with Gasteiger partial charge in [-0.05, 0) is 32.2 Å². The normalized spacial score (nSPS) is 22.2. The van der Waals surface area contributed by atoms with E-state index >= 15 is 0 Å². The largest absolute Gasteiger partial charge is 0.392 e. The van der Waals surface area contributed by atoms with E-state index in [1.165, 1.54) is 0 Å². The molecule has 4 heteroatoms. The van der Waals surface area contributed by atoms with Crippen molar-refractivity contribution in [1.82, 2.24) is 10.2 Å². The van der Waals surface area contributed by atoms with Crippen molar-refractivity contribution < 1.29 is 9.90 Å². The highest BCUT2D eigenvalue weighted by Gasteiger charge is 2.23. The van der Waals surface area contributed by atoms with Crippen molar-refractivity contribution in [3.05, 3.63) is 12.7 Å². The molecular formula is C15H28N2O2. The molecule has 2 atom stereocenters. The number of aliphatic hydroxyl groups excluding tert-OH is 1. The van der Waals surface area contributed by atoms with Crippen LogP contribution in [0, 0.1) is 5.92 Å². The lowest BCUT2D eigenvalue weighted by atomic mass is 10.0. The van der Waals surface area contributed by atoms with Gasteiger partial charge in [-0.1, -0.05) is 19.9 Å². The van der Waals surface area contributed by atoms with E-state index in [2.05, 4.69) is 16.8 Å². The molecule has 0 aliphatic carbocycles. The molecule has 0 aromatic heterocycles. The first-order valence-corrected chi connectivity index (χ1v) is 7.34. The van der Waals surface area contributed by atoms with E-state index in [0.29, 0.717) is 6.54 Å². The van der Waals surface area contributed by atoms with Crippen LogP contribution < -0.4 is 5.32 Å². The number of nitrogens with one attached hydrogen (secondary N) is 1. The molecule has 2 N–H and O–H groups in total. The van der Waals surface area contributed by atoms with Crippen molar-refractivity contribution in [3.8, 4) is 0 Å². The zero-order valence-electron chi connectivity index (χ0n) is 12.3. The highest BCUT2D eigenvalue weighted by atomic mass is 16.3. The Morgan fingerprint density at radius 1 is 1.58 bits per heavy atom. The average Bonchev–Trinajstić information content (AvgIpc) is 2.36. The van der Waals surface area contributed by atoms with Crippen LogP contribution in [-0.2, 0) is 4.79 Å². The van der Waals surface area contributed by atoms with Crippen LogP contribution in [0.3, 0.4) is 0 Å². The fraction of sp³-hybridized carbons (Fsp3) is 0.800. The Hall–Kier alpha value is -0.870. The maximum Gasteiger partial charge on any atom is 0.222 e. The summed E-state index contributed by atoms with van der Waals surface area (Å²) < 4.78 is 0. The van der Waals surface area contributed by atoms with E-state index in [4.69, 9.17) is 0 Å². The van der Waals surface area contributed by atoms with Crippen molar-refractivity contribution in [3.63, 3.8) is 0 Å². The summed E-state index contributed by atoms with van der Waals surface area (Å²) in [4.78, 5) is 13.9. The lowest BCUT2D eigenvalue weighted by molar-refractivity contribution is -0.125. The second kappa shape index (κ2) is 8.33.